The minimum atomic E-state index is -0.772. The minimum absolute atomic E-state index is 0.213. The SMILES string of the molecule is OC(CNc1ncnc2ccc(N3CCCC3c3cc(F)ccc3F)nc12)c1cccnc1. The molecular weight excluding hydrogens is 426 g/mol. The van der Waals surface area contributed by atoms with E-state index in [9.17, 15) is 13.9 Å². The first kappa shape index (κ1) is 21.1. The summed E-state index contributed by atoms with van der Waals surface area (Å²) < 4.78 is 28.3. The maximum absolute atomic E-state index is 14.5. The molecule has 1 aromatic carbocycles. The molecule has 0 aliphatic carbocycles. The summed E-state index contributed by atoms with van der Waals surface area (Å²) in [4.78, 5) is 19.4. The Bertz CT molecular complexity index is 1270. The van der Waals surface area contributed by atoms with Crippen molar-refractivity contribution < 1.29 is 13.9 Å². The van der Waals surface area contributed by atoms with Gasteiger partial charge in [0, 0.05) is 36.6 Å². The molecule has 0 amide bonds. The molecule has 3 aromatic heterocycles. The molecule has 1 fully saturated rings. The van der Waals surface area contributed by atoms with Gasteiger partial charge in [-0.15, -0.1) is 0 Å². The molecule has 2 N–H and O–H groups in total. The van der Waals surface area contributed by atoms with E-state index in [-0.39, 0.29) is 12.6 Å². The van der Waals surface area contributed by atoms with Crippen LogP contribution in [0.4, 0.5) is 20.4 Å². The fourth-order valence-corrected chi connectivity index (χ4v) is 4.24. The summed E-state index contributed by atoms with van der Waals surface area (Å²) in [7, 11) is 0. The Kier molecular flexibility index (Phi) is 5.78. The van der Waals surface area contributed by atoms with Crippen molar-refractivity contribution in [3.63, 3.8) is 0 Å². The summed E-state index contributed by atoms with van der Waals surface area (Å²) in [6.45, 7) is 0.889. The fraction of sp³-hybridized carbons (Fsp3) is 0.250. The highest BCUT2D eigenvalue weighted by molar-refractivity contribution is 5.86. The van der Waals surface area contributed by atoms with Gasteiger partial charge in [-0.1, -0.05) is 6.07 Å². The van der Waals surface area contributed by atoms with Crippen LogP contribution in [0.15, 0.2) is 61.2 Å². The zero-order valence-electron chi connectivity index (χ0n) is 17.7. The number of hydrogen-bond acceptors (Lipinski definition) is 7. The Morgan fingerprint density at radius 1 is 1.15 bits per heavy atom. The van der Waals surface area contributed by atoms with Crippen LogP contribution in [0.25, 0.3) is 11.0 Å². The zero-order valence-corrected chi connectivity index (χ0v) is 17.7. The van der Waals surface area contributed by atoms with Crippen molar-refractivity contribution >= 4 is 22.7 Å². The van der Waals surface area contributed by atoms with Crippen molar-refractivity contribution in [1.29, 1.82) is 0 Å². The van der Waals surface area contributed by atoms with Crippen LogP contribution in [0.2, 0.25) is 0 Å². The van der Waals surface area contributed by atoms with Gasteiger partial charge in [0.2, 0.25) is 0 Å². The molecule has 9 heteroatoms. The molecule has 33 heavy (non-hydrogen) atoms. The number of pyridine rings is 2. The smallest absolute Gasteiger partial charge is 0.156 e. The third-order valence-corrected chi connectivity index (χ3v) is 5.86. The molecule has 168 valence electrons. The van der Waals surface area contributed by atoms with Crippen LogP contribution in [-0.4, -0.2) is 38.1 Å². The lowest BCUT2D eigenvalue weighted by Crippen LogP contribution is -2.24. The van der Waals surface area contributed by atoms with Crippen LogP contribution in [0.1, 0.15) is 36.1 Å². The Balaban J connectivity index is 1.43. The van der Waals surface area contributed by atoms with Gasteiger partial charge >= 0.3 is 0 Å². The predicted molar refractivity (Wildman–Crippen MR) is 121 cm³/mol. The second kappa shape index (κ2) is 9.03. The molecule has 1 aliphatic heterocycles. The van der Waals surface area contributed by atoms with Crippen LogP contribution in [0.5, 0.6) is 0 Å². The van der Waals surface area contributed by atoms with Crippen LogP contribution in [0, 0.1) is 11.6 Å². The maximum atomic E-state index is 14.5. The topological polar surface area (TPSA) is 87.1 Å². The number of benzene rings is 1. The largest absolute Gasteiger partial charge is 0.387 e. The van der Waals surface area contributed by atoms with Gasteiger partial charge in [0.05, 0.1) is 17.7 Å². The summed E-state index contributed by atoms with van der Waals surface area (Å²) in [5.74, 6) is 0.234. The zero-order chi connectivity index (χ0) is 22.8. The van der Waals surface area contributed by atoms with Gasteiger partial charge in [0.1, 0.15) is 29.3 Å². The molecule has 7 nitrogen and oxygen atoms in total. The molecule has 0 saturated carbocycles. The van der Waals surface area contributed by atoms with Crippen molar-refractivity contribution in [3.8, 4) is 0 Å². The van der Waals surface area contributed by atoms with Gasteiger partial charge in [-0.05, 0) is 49.2 Å². The van der Waals surface area contributed by atoms with Crippen molar-refractivity contribution in [2.75, 3.05) is 23.3 Å². The summed E-state index contributed by atoms with van der Waals surface area (Å²) >= 11 is 0. The number of fused-ring (bicyclic) bond motifs is 1. The monoisotopic (exact) mass is 448 g/mol. The number of halogens is 2. The highest BCUT2D eigenvalue weighted by atomic mass is 19.1. The first-order valence-electron chi connectivity index (χ1n) is 10.8. The van der Waals surface area contributed by atoms with Crippen molar-refractivity contribution in [1.82, 2.24) is 19.9 Å². The number of nitrogens with one attached hydrogen (secondary N) is 1. The molecule has 2 unspecified atom stereocenters. The molecule has 4 heterocycles. The summed E-state index contributed by atoms with van der Waals surface area (Å²) in [5.41, 5.74) is 2.20. The summed E-state index contributed by atoms with van der Waals surface area (Å²) in [6.07, 6.45) is 5.46. The lowest BCUT2D eigenvalue weighted by atomic mass is 10.0. The average Bonchev–Trinajstić information content (AvgIpc) is 3.34. The second-order valence-corrected chi connectivity index (χ2v) is 7.96. The number of aliphatic hydroxyl groups is 1. The third kappa shape index (κ3) is 4.31. The Morgan fingerprint density at radius 2 is 2.06 bits per heavy atom. The van der Waals surface area contributed by atoms with E-state index in [0.717, 1.165) is 12.5 Å². The van der Waals surface area contributed by atoms with Gasteiger partial charge in [0.15, 0.2) is 5.82 Å². The van der Waals surface area contributed by atoms with E-state index < -0.39 is 17.7 Å². The van der Waals surface area contributed by atoms with Gasteiger partial charge < -0.3 is 15.3 Å². The molecule has 1 saturated heterocycles. The number of aliphatic hydroxyl groups excluding tert-OH is 1. The van der Waals surface area contributed by atoms with E-state index in [2.05, 4.69) is 20.3 Å². The summed E-state index contributed by atoms with van der Waals surface area (Å²) in [5, 5.41) is 13.6. The van der Waals surface area contributed by atoms with E-state index >= 15 is 0 Å². The first-order valence-corrected chi connectivity index (χ1v) is 10.8. The fourth-order valence-electron chi connectivity index (χ4n) is 4.24. The Labute approximate surface area is 189 Å². The Morgan fingerprint density at radius 3 is 2.91 bits per heavy atom. The first-order chi connectivity index (χ1) is 16.1. The van der Waals surface area contributed by atoms with E-state index in [0.29, 0.717) is 46.8 Å². The van der Waals surface area contributed by atoms with E-state index in [1.54, 1.807) is 24.5 Å². The average molecular weight is 448 g/mol. The van der Waals surface area contributed by atoms with Crippen molar-refractivity contribution in [3.05, 3.63) is 83.9 Å². The molecule has 0 spiro atoms. The molecule has 2 atom stereocenters. The quantitative estimate of drug-likeness (QED) is 0.457. The minimum Gasteiger partial charge on any atom is -0.387 e. The predicted octanol–water partition coefficient (Wildman–Crippen LogP) is 4.19. The highest BCUT2D eigenvalue weighted by Crippen LogP contribution is 2.37. The van der Waals surface area contributed by atoms with E-state index in [1.165, 1.54) is 18.5 Å². The lowest BCUT2D eigenvalue weighted by molar-refractivity contribution is 0.191. The summed E-state index contributed by atoms with van der Waals surface area (Å²) in [6, 6.07) is 10.5. The van der Waals surface area contributed by atoms with E-state index in [4.69, 9.17) is 4.98 Å². The number of rotatable bonds is 6. The number of anilines is 2. The highest BCUT2D eigenvalue weighted by Gasteiger charge is 2.30. The third-order valence-electron chi connectivity index (χ3n) is 5.86. The van der Waals surface area contributed by atoms with Crippen LogP contribution in [-0.2, 0) is 0 Å². The van der Waals surface area contributed by atoms with Crippen LogP contribution in [0.3, 0.4) is 0 Å². The lowest BCUT2D eigenvalue weighted by Gasteiger charge is -2.26. The van der Waals surface area contributed by atoms with Crippen LogP contribution >= 0.6 is 0 Å². The Hall–Kier alpha value is -3.72. The number of nitrogens with zero attached hydrogens (tertiary/aromatic N) is 5. The van der Waals surface area contributed by atoms with Gasteiger partial charge in [0.25, 0.3) is 0 Å². The van der Waals surface area contributed by atoms with Crippen molar-refractivity contribution in [2.24, 2.45) is 0 Å². The molecule has 4 aromatic rings. The van der Waals surface area contributed by atoms with Gasteiger partial charge in [-0.2, -0.15) is 0 Å². The van der Waals surface area contributed by atoms with Crippen LogP contribution < -0.4 is 10.2 Å². The van der Waals surface area contributed by atoms with Gasteiger partial charge in [-0.3, -0.25) is 4.98 Å². The standard InChI is InChI=1S/C24H22F2N6O/c25-16-5-6-18(26)17(11-16)20-4-2-10-32(20)22-8-7-19-23(31-22)24(30-14-29-19)28-13-21(33)15-3-1-9-27-12-15/h1,3,5-9,11-12,14,20-21,33H,2,4,10,13H2,(H,28,29,30). The number of aromatic nitrogens is 4. The molecular formula is C24H22F2N6O. The second-order valence-electron chi connectivity index (χ2n) is 7.96. The maximum Gasteiger partial charge on any atom is 0.156 e. The molecule has 0 bridgehead atoms. The molecule has 0 radical (unpaired) electrons. The normalized spacial score (nSPS) is 16.8. The molecule has 1 aliphatic rings. The number of hydrogen-bond donors (Lipinski definition) is 2. The van der Waals surface area contributed by atoms with Gasteiger partial charge in [-0.25, -0.2) is 23.7 Å². The molecule has 5 rings (SSSR count). The van der Waals surface area contributed by atoms with E-state index in [1.807, 2.05) is 17.0 Å². The van der Waals surface area contributed by atoms with Crippen molar-refractivity contribution in [2.45, 2.75) is 25.0 Å².